The topological polar surface area (TPSA) is 44.7 Å². The van der Waals surface area contributed by atoms with Crippen molar-refractivity contribution >= 4 is 52.5 Å². The predicted octanol–water partition coefficient (Wildman–Crippen LogP) is 6.00. The normalized spacial score (nSPS) is 21.6. The maximum Gasteiger partial charge on any atom is 0.226 e. The molecule has 4 nitrogen and oxygen atoms in total. The van der Waals surface area contributed by atoms with E-state index in [1.165, 1.54) is 37.3 Å². The number of amides is 1. The molecule has 7 heteroatoms. The van der Waals surface area contributed by atoms with Crippen LogP contribution in [-0.4, -0.2) is 40.4 Å². The van der Waals surface area contributed by atoms with Gasteiger partial charge in [-0.2, -0.15) is 0 Å². The molecule has 2 aliphatic rings. The Balaban J connectivity index is 0.00000280. The van der Waals surface area contributed by atoms with Gasteiger partial charge in [-0.1, -0.05) is 56.0 Å². The number of carbonyl (C=O) groups is 1. The zero-order chi connectivity index (χ0) is 19.1. The highest BCUT2D eigenvalue weighted by molar-refractivity contribution is 8.14. The summed E-state index contributed by atoms with van der Waals surface area (Å²) < 4.78 is 0. The maximum atomic E-state index is 12.5. The van der Waals surface area contributed by atoms with E-state index >= 15 is 0 Å². The molecule has 156 valence electrons. The van der Waals surface area contributed by atoms with Crippen LogP contribution in [0.15, 0.2) is 29.3 Å². The smallest absolute Gasteiger partial charge is 0.226 e. The Hall–Kier alpha value is -0.910. The van der Waals surface area contributed by atoms with E-state index in [2.05, 4.69) is 17.1 Å². The van der Waals surface area contributed by atoms with Crippen molar-refractivity contribution in [2.75, 3.05) is 17.6 Å². The average Bonchev–Trinajstić information content (AvgIpc) is 3.03. The van der Waals surface area contributed by atoms with Crippen LogP contribution >= 0.6 is 35.8 Å². The van der Waals surface area contributed by atoms with Crippen molar-refractivity contribution in [2.24, 2.45) is 4.99 Å². The van der Waals surface area contributed by atoms with Gasteiger partial charge in [0.25, 0.3) is 0 Å². The van der Waals surface area contributed by atoms with Crippen LogP contribution in [0, 0.1) is 0 Å². The van der Waals surface area contributed by atoms with E-state index in [0.29, 0.717) is 17.5 Å². The largest absolute Gasteiger partial charge is 0.347 e. The minimum absolute atomic E-state index is 0. The van der Waals surface area contributed by atoms with Gasteiger partial charge in [-0.25, -0.2) is 0 Å². The lowest BCUT2D eigenvalue weighted by Crippen LogP contribution is -2.38. The molecule has 0 bridgehead atoms. The van der Waals surface area contributed by atoms with Crippen LogP contribution in [0.2, 0.25) is 5.02 Å². The summed E-state index contributed by atoms with van der Waals surface area (Å²) in [6, 6.07) is 7.99. The number of halogens is 2. The Morgan fingerprint density at radius 1 is 1.25 bits per heavy atom. The predicted molar refractivity (Wildman–Crippen MR) is 124 cm³/mol. The molecule has 1 N–H and O–H groups in total. The molecule has 1 amide bonds. The van der Waals surface area contributed by atoms with E-state index in [1.54, 1.807) is 12.1 Å². The molecule has 1 saturated heterocycles. The Bertz CT molecular complexity index is 648. The third-order valence-electron chi connectivity index (χ3n) is 5.26. The molecule has 0 spiro atoms. The Kier molecular flexibility index (Phi) is 9.96. The molecule has 1 aliphatic carbocycles. The van der Waals surface area contributed by atoms with E-state index < -0.39 is 0 Å². The highest BCUT2D eigenvalue weighted by Crippen LogP contribution is 2.30. The van der Waals surface area contributed by atoms with Crippen molar-refractivity contribution in [3.05, 3.63) is 29.3 Å². The van der Waals surface area contributed by atoms with Gasteiger partial charge in [0.05, 0.1) is 6.04 Å². The fourth-order valence-electron chi connectivity index (χ4n) is 3.71. The van der Waals surface area contributed by atoms with Crippen molar-refractivity contribution in [1.29, 1.82) is 0 Å². The quantitative estimate of drug-likeness (QED) is 0.561. The van der Waals surface area contributed by atoms with Crippen molar-refractivity contribution in [2.45, 2.75) is 70.4 Å². The van der Waals surface area contributed by atoms with E-state index in [9.17, 15) is 4.79 Å². The molecule has 28 heavy (non-hydrogen) atoms. The standard InChI is InChI=1S/C21H30ClN3OS.ClH/c1-2-3-13-25-19(14-20(26)23-18-11-9-16(22)10-12-18)15-27-21(25)24-17-7-5-4-6-8-17;/h9-12,17,19H,2-8,13-15H2,1H3,(H,23,26);1H/b24-21-;. The lowest BCUT2D eigenvalue weighted by atomic mass is 9.96. The van der Waals surface area contributed by atoms with Crippen LogP contribution in [0.4, 0.5) is 5.69 Å². The van der Waals surface area contributed by atoms with Gasteiger partial charge < -0.3 is 10.2 Å². The first-order chi connectivity index (χ1) is 13.2. The second-order valence-electron chi connectivity index (χ2n) is 7.47. The third kappa shape index (κ3) is 6.85. The van der Waals surface area contributed by atoms with Crippen LogP contribution < -0.4 is 5.32 Å². The number of benzene rings is 1. The van der Waals surface area contributed by atoms with Crippen LogP contribution in [0.5, 0.6) is 0 Å². The fourth-order valence-corrected chi connectivity index (χ4v) is 5.11. The van der Waals surface area contributed by atoms with Gasteiger partial charge >= 0.3 is 0 Å². The van der Waals surface area contributed by atoms with Crippen LogP contribution in [0.1, 0.15) is 58.3 Å². The first kappa shape index (κ1) is 23.4. The second-order valence-corrected chi connectivity index (χ2v) is 8.90. The van der Waals surface area contributed by atoms with E-state index in [-0.39, 0.29) is 24.4 Å². The summed E-state index contributed by atoms with van der Waals surface area (Å²) in [7, 11) is 0. The number of aliphatic imine (C=N–C) groups is 1. The maximum absolute atomic E-state index is 12.5. The summed E-state index contributed by atoms with van der Waals surface area (Å²) in [5.74, 6) is 1.01. The van der Waals surface area contributed by atoms with Crippen molar-refractivity contribution in [3.63, 3.8) is 0 Å². The second kappa shape index (κ2) is 11.9. The molecule has 1 aliphatic heterocycles. The number of rotatable bonds is 7. The van der Waals surface area contributed by atoms with E-state index in [0.717, 1.165) is 30.8 Å². The average molecular weight is 444 g/mol. The number of unbranched alkanes of at least 4 members (excludes halogenated alkanes) is 1. The Morgan fingerprint density at radius 2 is 1.96 bits per heavy atom. The number of thioether (sulfide) groups is 1. The molecule has 1 aromatic carbocycles. The van der Waals surface area contributed by atoms with Gasteiger partial charge in [-0.05, 0) is 43.5 Å². The van der Waals surface area contributed by atoms with Gasteiger partial charge in [-0.3, -0.25) is 9.79 Å². The van der Waals surface area contributed by atoms with Crippen LogP contribution in [0.3, 0.4) is 0 Å². The molecule has 1 aromatic rings. The summed E-state index contributed by atoms with van der Waals surface area (Å²) in [5, 5.41) is 4.84. The fraction of sp³-hybridized carbons (Fsp3) is 0.619. The summed E-state index contributed by atoms with van der Waals surface area (Å²) in [5.41, 5.74) is 0.797. The molecule has 1 atom stereocenters. The van der Waals surface area contributed by atoms with Crippen molar-refractivity contribution in [1.82, 2.24) is 4.90 Å². The van der Waals surface area contributed by atoms with Gasteiger partial charge in [0.2, 0.25) is 5.91 Å². The monoisotopic (exact) mass is 443 g/mol. The molecule has 0 aromatic heterocycles. The SMILES string of the molecule is CCCCN1/C(=N/C2CCCCC2)SCC1CC(=O)Nc1ccc(Cl)cc1.Cl. The zero-order valence-electron chi connectivity index (χ0n) is 16.5. The number of hydrogen-bond donors (Lipinski definition) is 1. The number of anilines is 1. The van der Waals surface area contributed by atoms with Gasteiger partial charge in [0.15, 0.2) is 5.17 Å². The molecular weight excluding hydrogens is 413 g/mol. The highest BCUT2D eigenvalue weighted by Gasteiger charge is 2.32. The molecule has 2 fully saturated rings. The molecule has 1 heterocycles. The first-order valence-electron chi connectivity index (χ1n) is 10.2. The number of nitrogens with one attached hydrogen (secondary N) is 1. The number of amidine groups is 1. The van der Waals surface area contributed by atoms with E-state index in [4.69, 9.17) is 16.6 Å². The van der Waals surface area contributed by atoms with E-state index in [1.807, 2.05) is 23.9 Å². The van der Waals surface area contributed by atoms with Crippen molar-refractivity contribution in [3.8, 4) is 0 Å². The summed E-state index contributed by atoms with van der Waals surface area (Å²) in [6.45, 7) is 3.21. The third-order valence-corrected chi connectivity index (χ3v) is 6.66. The molecule has 3 rings (SSSR count). The first-order valence-corrected chi connectivity index (χ1v) is 11.5. The van der Waals surface area contributed by atoms with Crippen molar-refractivity contribution < 1.29 is 4.79 Å². The van der Waals surface area contributed by atoms with Gasteiger partial charge in [0.1, 0.15) is 0 Å². The Morgan fingerprint density at radius 3 is 2.64 bits per heavy atom. The summed E-state index contributed by atoms with van der Waals surface area (Å²) in [6.07, 6.45) is 9.18. The molecular formula is C21H31Cl2N3OS. The van der Waals surface area contributed by atoms with Gasteiger partial charge in [-0.15, -0.1) is 12.4 Å². The molecule has 0 radical (unpaired) electrons. The number of carbonyl (C=O) groups excluding carboxylic acids is 1. The minimum atomic E-state index is 0. The van der Waals surface area contributed by atoms with Gasteiger partial charge in [0, 0.05) is 35.5 Å². The number of hydrogen-bond acceptors (Lipinski definition) is 3. The minimum Gasteiger partial charge on any atom is -0.347 e. The lowest BCUT2D eigenvalue weighted by molar-refractivity contribution is -0.116. The lowest BCUT2D eigenvalue weighted by Gasteiger charge is -2.27. The van der Waals surface area contributed by atoms with Crippen LogP contribution in [-0.2, 0) is 4.79 Å². The molecule has 1 unspecified atom stereocenters. The summed E-state index contributed by atoms with van der Waals surface area (Å²) in [4.78, 5) is 20.0. The van der Waals surface area contributed by atoms with Crippen LogP contribution in [0.25, 0.3) is 0 Å². The summed E-state index contributed by atoms with van der Waals surface area (Å²) >= 11 is 7.75. The Labute approximate surface area is 184 Å². The number of nitrogens with zero attached hydrogens (tertiary/aromatic N) is 2. The molecule has 1 saturated carbocycles. The zero-order valence-corrected chi connectivity index (χ0v) is 18.9. The highest BCUT2D eigenvalue weighted by atomic mass is 35.5.